The van der Waals surface area contributed by atoms with Gasteiger partial charge in [-0.05, 0) is 0 Å². The van der Waals surface area contributed by atoms with Crippen molar-refractivity contribution in [3.05, 3.63) is 0 Å². The van der Waals surface area contributed by atoms with Crippen LogP contribution in [0.3, 0.4) is 0 Å². The second-order valence-corrected chi connectivity index (χ2v) is 3.26. The summed E-state index contributed by atoms with van der Waals surface area (Å²) in [6.45, 7) is 1.63. The van der Waals surface area contributed by atoms with Gasteiger partial charge in [-0.15, -0.1) is 0 Å². The fraction of sp³-hybridized carbons (Fsp3) is 0.667. The Morgan fingerprint density at radius 2 is 2.00 bits per heavy atom. The van der Waals surface area contributed by atoms with Crippen molar-refractivity contribution >= 4 is 3.79 Å². The molecule has 0 heterocycles. The summed E-state index contributed by atoms with van der Waals surface area (Å²) >= 11 is -0.0911. The summed E-state index contributed by atoms with van der Waals surface area (Å²) in [6.07, 6.45) is 0. The van der Waals surface area contributed by atoms with Gasteiger partial charge in [-0.25, -0.2) is 0 Å². The Morgan fingerprint density at radius 1 is 1.80 bits per heavy atom. The van der Waals surface area contributed by atoms with Gasteiger partial charge in [0.05, 0.1) is 0 Å². The second-order valence-electron chi connectivity index (χ2n) is 0.659. The van der Waals surface area contributed by atoms with Crippen molar-refractivity contribution in [2.24, 2.45) is 0 Å². The van der Waals surface area contributed by atoms with Gasteiger partial charge in [-0.2, -0.15) is 0 Å². The molecule has 5 heavy (non-hydrogen) atoms. The third-order valence-corrected chi connectivity index (χ3v) is 1.79. The molecule has 32 valence electrons. The van der Waals surface area contributed by atoms with Crippen LogP contribution in [0.15, 0.2) is 0 Å². The van der Waals surface area contributed by atoms with E-state index >= 15 is 0 Å². The van der Waals surface area contributed by atoms with Crippen molar-refractivity contribution in [1.29, 1.82) is 0 Å². The van der Waals surface area contributed by atoms with Crippen LogP contribution in [0.5, 0.6) is 0 Å². The molecule has 0 aromatic heterocycles. The van der Waals surface area contributed by atoms with E-state index in [9.17, 15) is 4.79 Å². The van der Waals surface area contributed by atoms with Gasteiger partial charge in [0.2, 0.25) is 0 Å². The number of hydrogen-bond donors (Lipinski definition) is 0. The zero-order valence-corrected chi connectivity index (χ0v) is 5.44. The molecule has 0 bridgehead atoms. The summed E-state index contributed by atoms with van der Waals surface area (Å²) in [6, 6.07) is 0. The molecule has 2 heteroatoms. The summed E-state index contributed by atoms with van der Waals surface area (Å²) in [5, 5.41) is 0. The molecule has 0 rings (SSSR count). The van der Waals surface area contributed by atoms with Gasteiger partial charge in [0, 0.05) is 0 Å². The number of carbonyl (C=O) groups is 1. The first kappa shape index (κ1) is 5.40. The summed E-state index contributed by atoms with van der Waals surface area (Å²) in [4.78, 5) is 11.8. The minimum absolute atomic E-state index is 0.0911. The summed E-state index contributed by atoms with van der Waals surface area (Å²) in [7, 11) is 0. The van der Waals surface area contributed by atoms with Crippen molar-refractivity contribution in [2.45, 2.75) is 6.92 Å². The Hall–Kier alpha value is 0.400. The molecule has 0 atom stereocenters. The molecule has 0 saturated heterocycles. The molecular formula is C3H6IO-. The van der Waals surface area contributed by atoms with E-state index in [0.717, 1.165) is 0 Å². The van der Waals surface area contributed by atoms with Crippen LogP contribution in [0.1, 0.15) is 6.92 Å². The zero-order valence-electron chi connectivity index (χ0n) is 3.29. The molecule has 1 nitrogen and oxygen atoms in total. The molecule has 0 spiro atoms. The van der Waals surface area contributed by atoms with Crippen LogP contribution < -0.4 is 21.2 Å². The van der Waals surface area contributed by atoms with Crippen molar-refractivity contribution in [3.8, 4) is 0 Å². The van der Waals surface area contributed by atoms with Gasteiger partial charge >= 0.3 is 41.6 Å². The molecule has 0 amide bonds. The molecule has 0 saturated carbocycles. The van der Waals surface area contributed by atoms with Gasteiger partial charge in [-0.1, -0.05) is 0 Å². The molecule has 0 N–H and O–H groups in total. The Balaban J connectivity index is 2.85. The van der Waals surface area contributed by atoms with E-state index in [-0.39, 0.29) is 21.2 Å². The van der Waals surface area contributed by atoms with Gasteiger partial charge in [0.15, 0.2) is 0 Å². The number of hydrogen-bond acceptors (Lipinski definition) is 1. The molecule has 0 aromatic rings. The number of carbonyl (C=O) groups excluding carboxylic acids is 1. The topological polar surface area (TPSA) is 17.1 Å². The monoisotopic (exact) mass is 185 g/mol. The van der Waals surface area contributed by atoms with E-state index in [2.05, 4.69) is 0 Å². The molecule has 0 fully saturated rings. The second kappa shape index (κ2) is 2.63. The number of rotatable bonds is 1. The van der Waals surface area contributed by atoms with E-state index < -0.39 is 0 Å². The van der Waals surface area contributed by atoms with E-state index in [1.54, 1.807) is 6.92 Å². The fourth-order valence-electron chi connectivity index (χ4n) is 0. The van der Waals surface area contributed by atoms with Crippen molar-refractivity contribution in [2.75, 3.05) is 4.93 Å². The van der Waals surface area contributed by atoms with E-state index in [4.69, 9.17) is 0 Å². The quantitative estimate of drug-likeness (QED) is 0.246. The normalized spacial score (nSPS) is 8.40. The maximum absolute atomic E-state index is 9.86. The van der Waals surface area contributed by atoms with Gasteiger partial charge in [0.1, 0.15) is 0 Å². The first-order valence-corrected chi connectivity index (χ1v) is 4.51. The van der Waals surface area contributed by atoms with E-state index in [1.807, 2.05) is 4.93 Å². The van der Waals surface area contributed by atoms with E-state index in [1.165, 1.54) is 0 Å². The number of halogens is 1. The predicted octanol–water partition coefficient (Wildman–Crippen LogP) is -2.75. The fourth-order valence-corrected chi connectivity index (χ4v) is 0. The molecule has 0 radical (unpaired) electrons. The zero-order chi connectivity index (χ0) is 4.28. The van der Waals surface area contributed by atoms with Crippen LogP contribution >= 0.6 is 0 Å². The van der Waals surface area contributed by atoms with Gasteiger partial charge in [0.25, 0.3) is 0 Å². The summed E-state index contributed by atoms with van der Waals surface area (Å²) in [5.41, 5.74) is 0. The molecule has 0 unspecified atom stereocenters. The first-order chi connectivity index (χ1) is 2.27. The molecular weight excluding hydrogens is 179 g/mol. The Morgan fingerprint density at radius 3 is 2.00 bits per heavy atom. The Labute approximate surface area is 42.0 Å². The summed E-state index contributed by atoms with van der Waals surface area (Å²) < 4.78 is 0.365. The Bertz CT molecular complexity index is 42.2. The Kier molecular flexibility index (Phi) is 2.84. The van der Waals surface area contributed by atoms with Crippen molar-refractivity contribution in [3.63, 3.8) is 0 Å². The summed E-state index contributed by atoms with van der Waals surface area (Å²) in [5.74, 6) is 0. The van der Waals surface area contributed by atoms with Crippen molar-refractivity contribution < 1.29 is 26.0 Å². The van der Waals surface area contributed by atoms with Crippen LogP contribution in [0.25, 0.3) is 0 Å². The van der Waals surface area contributed by atoms with Crippen LogP contribution in [0, 0.1) is 0 Å². The molecule has 0 aliphatic heterocycles. The first-order valence-electron chi connectivity index (χ1n) is 1.27. The average Bonchev–Trinajstić information content (AvgIpc) is 1.38. The third kappa shape index (κ3) is 4.40. The van der Waals surface area contributed by atoms with Gasteiger partial charge in [-0.3, -0.25) is 0 Å². The van der Waals surface area contributed by atoms with Crippen molar-refractivity contribution in [1.82, 2.24) is 0 Å². The van der Waals surface area contributed by atoms with Crippen LogP contribution in [-0.4, -0.2) is 8.72 Å². The SMILES string of the molecule is C[I-]C(C)=O. The average molecular weight is 185 g/mol. The maximum atomic E-state index is 9.86. The number of alkyl halides is 1. The minimum atomic E-state index is -0.0911. The molecule has 0 aliphatic rings. The predicted molar refractivity (Wildman–Crippen MR) is 16.6 cm³/mol. The van der Waals surface area contributed by atoms with E-state index in [0.29, 0.717) is 3.79 Å². The molecule has 0 aliphatic carbocycles. The van der Waals surface area contributed by atoms with Crippen LogP contribution in [0.4, 0.5) is 0 Å². The van der Waals surface area contributed by atoms with Gasteiger partial charge < -0.3 is 0 Å². The third-order valence-electron chi connectivity index (χ3n) is 0.266. The van der Waals surface area contributed by atoms with Crippen LogP contribution in [-0.2, 0) is 4.79 Å². The van der Waals surface area contributed by atoms with Crippen LogP contribution in [0.2, 0.25) is 0 Å². The standard InChI is InChI=1S/C3H6IO/c1-3(5)4-2/h1-2H3/q-1. The molecule has 0 aromatic carbocycles.